The second-order valence-electron chi connectivity index (χ2n) is 6.98. The van der Waals surface area contributed by atoms with Gasteiger partial charge in [0.2, 0.25) is 5.88 Å². The SMILES string of the molecule is CCNC(=NCc1ccc(Oc2ccc(F)cc2)nc1)NCc1cc(C(C)C)no1. The molecule has 0 aliphatic rings. The van der Waals surface area contributed by atoms with E-state index in [0.29, 0.717) is 36.6 Å². The molecule has 0 radical (unpaired) electrons. The van der Waals surface area contributed by atoms with Gasteiger partial charge in [-0.25, -0.2) is 14.4 Å². The highest BCUT2D eigenvalue weighted by Crippen LogP contribution is 2.19. The lowest BCUT2D eigenvalue weighted by atomic mass is 10.1. The third-order valence-corrected chi connectivity index (χ3v) is 4.20. The Labute approximate surface area is 175 Å². The molecule has 0 spiro atoms. The predicted molar refractivity (Wildman–Crippen MR) is 113 cm³/mol. The number of halogens is 1. The standard InChI is InChI=1S/C22H26FN5O2/c1-4-24-22(27-14-19-11-20(15(2)3)28-30-19)26-13-16-5-10-21(25-12-16)29-18-8-6-17(23)7-9-18/h5-12,15H,4,13-14H2,1-3H3,(H2,24,26,27). The van der Waals surface area contributed by atoms with E-state index in [-0.39, 0.29) is 5.82 Å². The summed E-state index contributed by atoms with van der Waals surface area (Å²) in [4.78, 5) is 8.86. The van der Waals surface area contributed by atoms with Crippen LogP contribution in [0.4, 0.5) is 4.39 Å². The Hall–Kier alpha value is -3.42. The van der Waals surface area contributed by atoms with Gasteiger partial charge in [0.1, 0.15) is 11.6 Å². The predicted octanol–water partition coefficient (Wildman–Crippen LogP) is 4.38. The third-order valence-electron chi connectivity index (χ3n) is 4.20. The van der Waals surface area contributed by atoms with Crippen molar-refractivity contribution in [2.45, 2.75) is 39.8 Å². The zero-order chi connectivity index (χ0) is 21.3. The molecule has 0 bridgehead atoms. The molecule has 8 heteroatoms. The van der Waals surface area contributed by atoms with E-state index in [2.05, 4.69) is 39.6 Å². The van der Waals surface area contributed by atoms with E-state index < -0.39 is 0 Å². The van der Waals surface area contributed by atoms with Crippen LogP contribution in [0, 0.1) is 5.82 Å². The molecule has 0 aliphatic heterocycles. The van der Waals surface area contributed by atoms with Gasteiger partial charge in [-0.3, -0.25) is 0 Å². The summed E-state index contributed by atoms with van der Waals surface area (Å²) < 4.78 is 23.9. The summed E-state index contributed by atoms with van der Waals surface area (Å²) in [7, 11) is 0. The topological polar surface area (TPSA) is 84.6 Å². The first-order chi connectivity index (χ1) is 14.5. The minimum atomic E-state index is -0.308. The van der Waals surface area contributed by atoms with Crippen LogP contribution >= 0.6 is 0 Å². The van der Waals surface area contributed by atoms with E-state index >= 15 is 0 Å². The molecule has 0 atom stereocenters. The number of hydrogen-bond donors (Lipinski definition) is 2. The van der Waals surface area contributed by atoms with Crippen molar-refractivity contribution in [2.24, 2.45) is 4.99 Å². The summed E-state index contributed by atoms with van der Waals surface area (Å²) in [5.41, 5.74) is 1.86. The number of hydrogen-bond acceptors (Lipinski definition) is 5. The van der Waals surface area contributed by atoms with Gasteiger partial charge in [-0.1, -0.05) is 25.1 Å². The van der Waals surface area contributed by atoms with E-state index in [0.717, 1.165) is 23.6 Å². The second kappa shape index (κ2) is 10.4. The highest BCUT2D eigenvalue weighted by atomic mass is 19.1. The second-order valence-corrected chi connectivity index (χ2v) is 6.98. The first kappa shape index (κ1) is 21.3. The van der Waals surface area contributed by atoms with Gasteiger partial charge in [0.05, 0.1) is 18.8 Å². The normalized spacial score (nSPS) is 11.6. The Kier molecular flexibility index (Phi) is 7.37. The average molecular weight is 411 g/mol. The summed E-state index contributed by atoms with van der Waals surface area (Å²) >= 11 is 0. The molecule has 3 rings (SSSR count). The van der Waals surface area contributed by atoms with Gasteiger partial charge in [-0.2, -0.15) is 0 Å². The molecule has 7 nitrogen and oxygen atoms in total. The number of aliphatic imine (C=N–C) groups is 1. The number of rotatable bonds is 8. The van der Waals surface area contributed by atoms with Crippen LogP contribution in [0.1, 0.15) is 43.7 Å². The molecule has 0 saturated carbocycles. The number of nitrogens with zero attached hydrogens (tertiary/aromatic N) is 3. The molecule has 2 N–H and O–H groups in total. The zero-order valence-corrected chi connectivity index (χ0v) is 17.4. The fourth-order valence-corrected chi connectivity index (χ4v) is 2.56. The fraction of sp³-hybridized carbons (Fsp3) is 0.318. The molecule has 2 aromatic heterocycles. The lowest BCUT2D eigenvalue weighted by Crippen LogP contribution is -2.36. The molecule has 2 heterocycles. The molecule has 30 heavy (non-hydrogen) atoms. The van der Waals surface area contributed by atoms with Crippen molar-refractivity contribution in [3.63, 3.8) is 0 Å². The number of pyridine rings is 1. The molecule has 1 aromatic carbocycles. The molecule has 3 aromatic rings. The lowest BCUT2D eigenvalue weighted by Gasteiger charge is -2.10. The number of benzene rings is 1. The Morgan fingerprint density at radius 3 is 2.60 bits per heavy atom. The molecule has 0 unspecified atom stereocenters. The van der Waals surface area contributed by atoms with Crippen molar-refractivity contribution in [3.05, 3.63) is 71.5 Å². The minimum Gasteiger partial charge on any atom is -0.439 e. The maximum absolute atomic E-state index is 13.0. The van der Waals surface area contributed by atoms with E-state index in [1.807, 2.05) is 19.1 Å². The maximum atomic E-state index is 13.0. The number of aromatic nitrogens is 2. The number of guanidine groups is 1. The van der Waals surface area contributed by atoms with Gasteiger partial charge in [-0.05, 0) is 42.7 Å². The monoisotopic (exact) mass is 411 g/mol. The van der Waals surface area contributed by atoms with Gasteiger partial charge >= 0.3 is 0 Å². The van der Waals surface area contributed by atoms with Crippen molar-refractivity contribution >= 4 is 5.96 Å². The number of nitrogens with one attached hydrogen (secondary N) is 2. The molecular weight excluding hydrogens is 385 g/mol. The van der Waals surface area contributed by atoms with Crippen molar-refractivity contribution in [2.75, 3.05) is 6.54 Å². The van der Waals surface area contributed by atoms with Crippen LogP contribution in [0.3, 0.4) is 0 Å². The zero-order valence-electron chi connectivity index (χ0n) is 17.4. The van der Waals surface area contributed by atoms with Crippen molar-refractivity contribution in [3.8, 4) is 11.6 Å². The molecule has 158 valence electrons. The van der Waals surface area contributed by atoms with Gasteiger partial charge < -0.3 is 19.9 Å². The van der Waals surface area contributed by atoms with Crippen LogP contribution in [-0.4, -0.2) is 22.6 Å². The summed E-state index contributed by atoms with van der Waals surface area (Å²) in [6.07, 6.45) is 1.71. The Bertz CT molecular complexity index is 952. The fourth-order valence-electron chi connectivity index (χ4n) is 2.56. The molecule has 0 fully saturated rings. The van der Waals surface area contributed by atoms with Gasteiger partial charge in [-0.15, -0.1) is 0 Å². The van der Waals surface area contributed by atoms with Crippen LogP contribution in [0.5, 0.6) is 11.6 Å². The number of ether oxygens (including phenoxy) is 1. The summed E-state index contributed by atoms with van der Waals surface area (Å²) in [5, 5.41) is 10.5. The van der Waals surface area contributed by atoms with Crippen LogP contribution in [0.2, 0.25) is 0 Å². The van der Waals surface area contributed by atoms with Gasteiger partial charge in [0, 0.05) is 24.9 Å². The van der Waals surface area contributed by atoms with Crippen molar-refractivity contribution < 1.29 is 13.7 Å². The van der Waals surface area contributed by atoms with Crippen LogP contribution in [-0.2, 0) is 13.1 Å². The van der Waals surface area contributed by atoms with E-state index in [1.54, 1.807) is 24.4 Å². The molecule has 0 amide bonds. The highest BCUT2D eigenvalue weighted by molar-refractivity contribution is 5.79. The van der Waals surface area contributed by atoms with Crippen molar-refractivity contribution in [1.29, 1.82) is 0 Å². The van der Waals surface area contributed by atoms with E-state index in [9.17, 15) is 4.39 Å². The van der Waals surface area contributed by atoms with Gasteiger partial charge in [0.25, 0.3) is 0 Å². The largest absolute Gasteiger partial charge is 0.439 e. The third kappa shape index (κ3) is 6.30. The van der Waals surface area contributed by atoms with Crippen LogP contribution in [0.15, 0.2) is 58.2 Å². The van der Waals surface area contributed by atoms with Crippen LogP contribution < -0.4 is 15.4 Å². The molecular formula is C22H26FN5O2. The summed E-state index contributed by atoms with van der Waals surface area (Å²) in [6, 6.07) is 11.4. The van der Waals surface area contributed by atoms with Gasteiger partial charge in [0.15, 0.2) is 11.7 Å². The van der Waals surface area contributed by atoms with E-state index in [1.165, 1.54) is 12.1 Å². The Morgan fingerprint density at radius 2 is 1.97 bits per heavy atom. The average Bonchev–Trinajstić information content (AvgIpc) is 3.22. The lowest BCUT2D eigenvalue weighted by molar-refractivity contribution is 0.372. The Balaban J connectivity index is 1.56. The molecule has 0 saturated heterocycles. The highest BCUT2D eigenvalue weighted by Gasteiger charge is 2.08. The minimum absolute atomic E-state index is 0.308. The van der Waals surface area contributed by atoms with Crippen molar-refractivity contribution in [1.82, 2.24) is 20.8 Å². The van der Waals surface area contributed by atoms with E-state index in [4.69, 9.17) is 9.26 Å². The summed E-state index contributed by atoms with van der Waals surface area (Å²) in [6.45, 7) is 7.84. The smallest absolute Gasteiger partial charge is 0.219 e. The Morgan fingerprint density at radius 1 is 1.17 bits per heavy atom. The first-order valence-electron chi connectivity index (χ1n) is 9.89. The molecule has 0 aliphatic carbocycles. The quantitative estimate of drug-likeness (QED) is 0.423. The maximum Gasteiger partial charge on any atom is 0.219 e. The summed E-state index contributed by atoms with van der Waals surface area (Å²) in [5.74, 6) is 2.41. The first-order valence-corrected chi connectivity index (χ1v) is 9.89. The van der Waals surface area contributed by atoms with Crippen LogP contribution in [0.25, 0.3) is 0 Å².